The number of carbonyl (C=O) groups is 2. The lowest BCUT2D eigenvalue weighted by Gasteiger charge is -2.19. The quantitative estimate of drug-likeness (QED) is 0.882. The molecule has 1 fully saturated rings. The van der Waals surface area contributed by atoms with Crippen molar-refractivity contribution in [2.24, 2.45) is 0 Å². The highest BCUT2D eigenvalue weighted by Gasteiger charge is 2.22. The molecule has 5 heteroatoms. The fourth-order valence-electron chi connectivity index (χ4n) is 2.99. The van der Waals surface area contributed by atoms with Crippen molar-refractivity contribution in [3.63, 3.8) is 0 Å². The van der Waals surface area contributed by atoms with Gasteiger partial charge in [0.2, 0.25) is 5.91 Å². The number of nitrogens with one attached hydrogen (secondary N) is 1. The minimum absolute atomic E-state index is 0.116. The van der Waals surface area contributed by atoms with Crippen LogP contribution in [0.15, 0.2) is 54.6 Å². The van der Waals surface area contributed by atoms with Crippen molar-refractivity contribution in [3.8, 4) is 0 Å². The number of hydrogen-bond donors (Lipinski definition) is 1. The van der Waals surface area contributed by atoms with Crippen molar-refractivity contribution in [1.82, 2.24) is 5.32 Å². The molecule has 1 saturated heterocycles. The van der Waals surface area contributed by atoms with Crippen molar-refractivity contribution < 1.29 is 9.59 Å². The van der Waals surface area contributed by atoms with E-state index in [-0.39, 0.29) is 11.8 Å². The van der Waals surface area contributed by atoms with Gasteiger partial charge in [0, 0.05) is 50.0 Å². The summed E-state index contributed by atoms with van der Waals surface area (Å²) in [6, 6.07) is 17.3. The van der Waals surface area contributed by atoms with E-state index in [0.29, 0.717) is 18.5 Å². The third kappa shape index (κ3) is 4.18. The maximum atomic E-state index is 12.4. The van der Waals surface area contributed by atoms with Gasteiger partial charge in [-0.05, 0) is 36.8 Å². The maximum absolute atomic E-state index is 12.4. The van der Waals surface area contributed by atoms with Crippen LogP contribution in [0.2, 0.25) is 0 Å². The van der Waals surface area contributed by atoms with Crippen LogP contribution in [0.3, 0.4) is 0 Å². The Hall–Kier alpha value is -2.82. The summed E-state index contributed by atoms with van der Waals surface area (Å²) in [5.74, 6) is 0.0111. The van der Waals surface area contributed by atoms with Crippen molar-refractivity contribution >= 4 is 23.2 Å². The van der Waals surface area contributed by atoms with Crippen LogP contribution in [0, 0.1) is 0 Å². The molecule has 0 unspecified atom stereocenters. The maximum Gasteiger partial charge on any atom is 0.251 e. The minimum Gasteiger partial charge on any atom is -0.373 e. The number of hydrogen-bond acceptors (Lipinski definition) is 3. The Labute approximate surface area is 148 Å². The lowest BCUT2D eigenvalue weighted by Crippen LogP contribution is -2.33. The molecule has 5 nitrogen and oxygen atoms in total. The van der Waals surface area contributed by atoms with Gasteiger partial charge < -0.3 is 15.1 Å². The zero-order valence-electron chi connectivity index (χ0n) is 14.4. The molecule has 0 bridgehead atoms. The van der Waals surface area contributed by atoms with Gasteiger partial charge in [-0.25, -0.2) is 0 Å². The summed E-state index contributed by atoms with van der Waals surface area (Å²) in [6.45, 7) is 2.00. The topological polar surface area (TPSA) is 52.7 Å². The molecule has 0 aromatic heterocycles. The molecule has 1 N–H and O–H groups in total. The Bertz CT molecular complexity index is 746. The summed E-state index contributed by atoms with van der Waals surface area (Å²) in [5.41, 5.74) is 2.50. The van der Waals surface area contributed by atoms with Gasteiger partial charge in [0.05, 0.1) is 0 Å². The van der Waals surface area contributed by atoms with Crippen LogP contribution in [0.1, 0.15) is 23.2 Å². The van der Waals surface area contributed by atoms with Gasteiger partial charge in [-0.2, -0.15) is 0 Å². The number of rotatable bonds is 6. The number of amides is 2. The average molecular weight is 337 g/mol. The van der Waals surface area contributed by atoms with E-state index in [1.165, 1.54) is 0 Å². The van der Waals surface area contributed by atoms with Gasteiger partial charge in [0.1, 0.15) is 0 Å². The van der Waals surface area contributed by atoms with Gasteiger partial charge in [-0.15, -0.1) is 0 Å². The van der Waals surface area contributed by atoms with Crippen molar-refractivity contribution in [2.45, 2.75) is 12.8 Å². The van der Waals surface area contributed by atoms with Crippen molar-refractivity contribution in [2.75, 3.05) is 36.5 Å². The first-order chi connectivity index (χ1) is 12.1. The molecule has 2 amide bonds. The van der Waals surface area contributed by atoms with E-state index < -0.39 is 0 Å². The van der Waals surface area contributed by atoms with Crippen molar-refractivity contribution in [1.29, 1.82) is 0 Å². The number of likely N-dealkylation sites (N-methyl/N-ethyl adjacent to an activating group) is 1. The highest BCUT2D eigenvalue weighted by atomic mass is 16.2. The smallest absolute Gasteiger partial charge is 0.251 e. The zero-order chi connectivity index (χ0) is 17.6. The molecule has 25 heavy (non-hydrogen) atoms. The van der Waals surface area contributed by atoms with E-state index in [0.717, 1.165) is 30.9 Å². The second kappa shape index (κ2) is 7.83. The summed E-state index contributed by atoms with van der Waals surface area (Å²) >= 11 is 0. The molecule has 0 saturated carbocycles. The first-order valence-corrected chi connectivity index (χ1v) is 8.60. The Balaban J connectivity index is 1.55. The van der Waals surface area contributed by atoms with Crippen LogP contribution in [0.5, 0.6) is 0 Å². The third-order valence-corrected chi connectivity index (χ3v) is 4.42. The van der Waals surface area contributed by atoms with Crippen LogP contribution in [0.4, 0.5) is 11.4 Å². The molecule has 0 aliphatic carbocycles. The van der Waals surface area contributed by atoms with Crippen LogP contribution < -0.4 is 15.1 Å². The Kier molecular flexibility index (Phi) is 5.33. The average Bonchev–Trinajstić information content (AvgIpc) is 3.08. The van der Waals surface area contributed by atoms with Crippen LogP contribution in [-0.2, 0) is 4.79 Å². The molecule has 1 heterocycles. The molecule has 0 atom stereocenters. The normalized spacial score (nSPS) is 13.8. The highest BCUT2D eigenvalue weighted by Crippen LogP contribution is 2.22. The van der Waals surface area contributed by atoms with E-state index in [2.05, 4.69) is 10.2 Å². The summed E-state index contributed by atoms with van der Waals surface area (Å²) in [4.78, 5) is 28.1. The summed E-state index contributed by atoms with van der Waals surface area (Å²) in [5, 5.41) is 2.94. The molecule has 3 rings (SSSR count). The van der Waals surface area contributed by atoms with E-state index in [1.54, 1.807) is 17.0 Å². The van der Waals surface area contributed by atoms with Gasteiger partial charge in [-0.1, -0.05) is 24.3 Å². The number of anilines is 2. The lowest BCUT2D eigenvalue weighted by molar-refractivity contribution is -0.117. The predicted octanol–water partition coefficient (Wildman–Crippen LogP) is 2.68. The molecule has 1 aliphatic rings. The number of benzene rings is 2. The molecule has 2 aromatic carbocycles. The zero-order valence-corrected chi connectivity index (χ0v) is 14.4. The molecule has 0 spiro atoms. The Morgan fingerprint density at radius 3 is 2.68 bits per heavy atom. The molecular formula is C20H23N3O2. The fourth-order valence-corrected chi connectivity index (χ4v) is 2.99. The largest absolute Gasteiger partial charge is 0.373 e. The minimum atomic E-state index is -0.116. The Morgan fingerprint density at radius 1 is 1.16 bits per heavy atom. The fraction of sp³-hybridized carbons (Fsp3) is 0.300. The summed E-state index contributed by atoms with van der Waals surface area (Å²) in [6.07, 6.45) is 1.46. The standard InChI is InChI=1S/C20H23N3O2/c1-22(17-8-3-2-4-9-17)14-12-21-20(25)16-7-5-10-18(15-16)23-13-6-11-19(23)24/h2-5,7-10,15H,6,11-14H2,1H3,(H,21,25). The SMILES string of the molecule is CN(CCNC(=O)c1cccc(N2CCCC2=O)c1)c1ccccc1. The molecular weight excluding hydrogens is 314 g/mol. The first kappa shape index (κ1) is 17.0. The number of nitrogens with zero attached hydrogens (tertiary/aromatic N) is 2. The lowest BCUT2D eigenvalue weighted by atomic mass is 10.1. The number of para-hydroxylation sites is 1. The van der Waals surface area contributed by atoms with Gasteiger partial charge in [0.25, 0.3) is 5.91 Å². The third-order valence-electron chi connectivity index (χ3n) is 4.42. The number of carbonyl (C=O) groups excluding carboxylic acids is 2. The van der Waals surface area contributed by atoms with Gasteiger partial charge >= 0.3 is 0 Å². The van der Waals surface area contributed by atoms with E-state index >= 15 is 0 Å². The monoisotopic (exact) mass is 337 g/mol. The van der Waals surface area contributed by atoms with Gasteiger partial charge in [-0.3, -0.25) is 9.59 Å². The molecule has 2 aromatic rings. The first-order valence-electron chi connectivity index (χ1n) is 8.60. The van der Waals surface area contributed by atoms with Crippen LogP contribution in [0.25, 0.3) is 0 Å². The van der Waals surface area contributed by atoms with Crippen LogP contribution >= 0.6 is 0 Å². The van der Waals surface area contributed by atoms with E-state index in [9.17, 15) is 9.59 Å². The van der Waals surface area contributed by atoms with Crippen molar-refractivity contribution in [3.05, 3.63) is 60.2 Å². The molecule has 130 valence electrons. The summed E-state index contributed by atoms with van der Waals surface area (Å²) in [7, 11) is 2.00. The van der Waals surface area contributed by atoms with Gasteiger partial charge in [0.15, 0.2) is 0 Å². The Morgan fingerprint density at radius 2 is 1.96 bits per heavy atom. The van der Waals surface area contributed by atoms with Crippen LogP contribution in [-0.4, -0.2) is 38.5 Å². The molecule has 1 aliphatic heterocycles. The van der Waals surface area contributed by atoms with E-state index in [1.807, 2.05) is 49.5 Å². The second-order valence-corrected chi connectivity index (χ2v) is 6.21. The predicted molar refractivity (Wildman–Crippen MR) is 100 cm³/mol. The second-order valence-electron chi connectivity index (χ2n) is 6.21. The molecule has 0 radical (unpaired) electrons. The van der Waals surface area contributed by atoms with E-state index in [4.69, 9.17) is 0 Å². The summed E-state index contributed by atoms with van der Waals surface area (Å²) < 4.78 is 0. The highest BCUT2D eigenvalue weighted by molar-refractivity contribution is 5.99.